The first-order chi connectivity index (χ1) is 10.7. The molecule has 0 aliphatic carbocycles. The zero-order chi connectivity index (χ0) is 15.8. The monoisotopic (exact) mass is 328 g/mol. The summed E-state index contributed by atoms with van der Waals surface area (Å²) in [6.45, 7) is 7.61. The Morgan fingerprint density at radius 2 is 1.68 bits per heavy atom. The quantitative estimate of drug-likeness (QED) is 0.555. The molecule has 22 heavy (non-hydrogen) atoms. The van der Waals surface area contributed by atoms with Gasteiger partial charge in [-0.25, -0.2) is 0 Å². The Labute approximate surface area is 137 Å². The minimum absolute atomic E-state index is 0.362. The fourth-order valence-corrected chi connectivity index (χ4v) is 3.62. The highest BCUT2D eigenvalue weighted by atomic mass is 32.2. The number of piperazine rings is 1. The molecule has 2 fully saturated rings. The van der Waals surface area contributed by atoms with Gasteiger partial charge in [-0.1, -0.05) is 0 Å². The van der Waals surface area contributed by atoms with Crippen molar-refractivity contribution in [3.63, 3.8) is 0 Å². The molecule has 2 amide bonds. The average Bonchev–Trinajstić information content (AvgIpc) is 2.56. The number of rotatable bonds is 5. The van der Waals surface area contributed by atoms with Crippen LogP contribution in [0.15, 0.2) is 0 Å². The van der Waals surface area contributed by atoms with Gasteiger partial charge in [0, 0.05) is 57.3 Å². The summed E-state index contributed by atoms with van der Waals surface area (Å²) in [4.78, 5) is 30.2. The molecule has 0 radical (unpaired) electrons. The molecule has 2 heterocycles. The Balaban J connectivity index is 1.52. The summed E-state index contributed by atoms with van der Waals surface area (Å²) in [6, 6.07) is 0. The Morgan fingerprint density at radius 1 is 1.00 bits per heavy atom. The Morgan fingerprint density at radius 3 is 2.36 bits per heavy atom. The number of carbonyl (C=O) groups is 2. The second kappa shape index (κ2) is 9.37. The molecule has 2 saturated heterocycles. The van der Waals surface area contributed by atoms with Crippen molar-refractivity contribution in [2.75, 3.05) is 70.9 Å². The third-order valence-corrected chi connectivity index (χ3v) is 5.22. The second-order valence-corrected chi connectivity index (χ2v) is 7.24. The zero-order valence-corrected chi connectivity index (χ0v) is 14.4. The van der Waals surface area contributed by atoms with E-state index in [2.05, 4.69) is 22.2 Å². The van der Waals surface area contributed by atoms with Gasteiger partial charge < -0.3 is 20.0 Å². The molecule has 7 heteroatoms. The molecule has 0 aromatic carbocycles. The van der Waals surface area contributed by atoms with Crippen LogP contribution in [0.3, 0.4) is 0 Å². The summed E-state index contributed by atoms with van der Waals surface area (Å²) >= 11 is 1.83. The van der Waals surface area contributed by atoms with E-state index < -0.39 is 5.91 Å². The summed E-state index contributed by atoms with van der Waals surface area (Å²) in [6.07, 6.45) is 2.00. The molecule has 0 saturated carbocycles. The number of hydrogen-bond acceptors (Lipinski definition) is 5. The lowest BCUT2D eigenvalue weighted by molar-refractivity contribution is -0.145. The normalized spacial score (nSPS) is 20.9. The molecule has 0 aromatic heterocycles. The molecule has 126 valence electrons. The average molecular weight is 328 g/mol. The molecule has 0 aromatic rings. The van der Waals surface area contributed by atoms with Crippen LogP contribution < -0.4 is 5.32 Å². The van der Waals surface area contributed by atoms with Crippen molar-refractivity contribution in [3.05, 3.63) is 0 Å². The number of likely N-dealkylation sites (N-methyl/N-ethyl adjacent to an activating group) is 1. The summed E-state index contributed by atoms with van der Waals surface area (Å²) in [7, 11) is 2.16. The maximum atomic E-state index is 11.9. The Kier molecular flexibility index (Phi) is 7.48. The number of hydrogen-bond donors (Lipinski definition) is 1. The van der Waals surface area contributed by atoms with Crippen LogP contribution in [0, 0.1) is 0 Å². The third-order valence-electron chi connectivity index (χ3n) is 4.28. The standard InChI is InChI=1S/C15H28N4O2S/c1-17-6-8-18(9-7-17)5-3-2-4-16-14(20)15(21)19-10-12-22-13-11-19/h2-13H2,1H3,(H,16,20). The van der Waals surface area contributed by atoms with Gasteiger partial charge in [-0.3, -0.25) is 9.59 Å². The van der Waals surface area contributed by atoms with Crippen LogP contribution in [0.1, 0.15) is 12.8 Å². The minimum Gasteiger partial charge on any atom is -0.348 e. The van der Waals surface area contributed by atoms with E-state index in [0.29, 0.717) is 19.6 Å². The maximum absolute atomic E-state index is 11.9. The van der Waals surface area contributed by atoms with Gasteiger partial charge in [-0.2, -0.15) is 11.8 Å². The highest BCUT2D eigenvalue weighted by Gasteiger charge is 2.22. The van der Waals surface area contributed by atoms with Crippen molar-refractivity contribution in [1.29, 1.82) is 0 Å². The van der Waals surface area contributed by atoms with Crippen molar-refractivity contribution in [2.45, 2.75) is 12.8 Å². The fourth-order valence-electron chi connectivity index (χ4n) is 2.72. The van der Waals surface area contributed by atoms with Crippen molar-refractivity contribution < 1.29 is 9.59 Å². The van der Waals surface area contributed by atoms with Crippen molar-refractivity contribution >= 4 is 23.6 Å². The van der Waals surface area contributed by atoms with Gasteiger partial charge in [-0.05, 0) is 26.4 Å². The number of nitrogens with one attached hydrogen (secondary N) is 1. The van der Waals surface area contributed by atoms with Crippen LogP contribution in [0.4, 0.5) is 0 Å². The predicted octanol–water partition coefficient (Wildman–Crippen LogP) is -0.294. The fraction of sp³-hybridized carbons (Fsp3) is 0.867. The van der Waals surface area contributed by atoms with E-state index in [9.17, 15) is 9.59 Å². The number of carbonyl (C=O) groups excluding carboxylic acids is 2. The summed E-state index contributed by atoms with van der Waals surface area (Å²) in [5, 5.41) is 2.76. The van der Waals surface area contributed by atoms with Gasteiger partial charge in [-0.15, -0.1) is 0 Å². The van der Waals surface area contributed by atoms with Gasteiger partial charge in [0.15, 0.2) is 0 Å². The lowest BCUT2D eigenvalue weighted by Gasteiger charge is -2.32. The Hall–Kier alpha value is -0.790. The molecular weight excluding hydrogens is 300 g/mol. The molecule has 0 atom stereocenters. The van der Waals surface area contributed by atoms with Crippen LogP contribution in [0.5, 0.6) is 0 Å². The van der Waals surface area contributed by atoms with E-state index in [4.69, 9.17) is 0 Å². The molecule has 0 bridgehead atoms. The summed E-state index contributed by atoms with van der Waals surface area (Å²) in [5.41, 5.74) is 0. The van der Waals surface area contributed by atoms with Crippen molar-refractivity contribution in [2.24, 2.45) is 0 Å². The largest absolute Gasteiger partial charge is 0.348 e. The highest BCUT2D eigenvalue weighted by Crippen LogP contribution is 2.09. The van der Waals surface area contributed by atoms with Gasteiger partial charge in [0.1, 0.15) is 0 Å². The van der Waals surface area contributed by atoms with E-state index in [0.717, 1.165) is 57.1 Å². The van der Waals surface area contributed by atoms with E-state index in [1.54, 1.807) is 4.90 Å². The van der Waals surface area contributed by atoms with E-state index in [1.807, 2.05) is 11.8 Å². The van der Waals surface area contributed by atoms with Gasteiger partial charge in [0.2, 0.25) is 0 Å². The summed E-state index contributed by atoms with van der Waals surface area (Å²) in [5.74, 6) is 1.07. The molecular formula is C15H28N4O2S. The zero-order valence-electron chi connectivity index (χ0n) is 13.6. The topological polar surface area (TPSA) is 55.9 Å². The smallest absolute Gasteiger partial charge is 0.311 e. The number of nitrogens with zero attached hydrogens (tertiary/aromatic N) is 3. The lowest BCUT2D eigenvalue weighted by Crippen LogP contribution is -2.46. The SMILES string of the molecule is CN1CCN(CCCCNC(=O)C(=O)N2CCSCC2)CC1. The van der Waals surface area contributed by atoms with E-state index >= 15 is 0 Å². The molecule has 1 N–H and O–H groups in total. The lowest BCUT2D eigenvalue weighted by atomic mass is 10.2. The molecule has 0 spiro atoms. The van der Waals surface area contributed by atoms with Gasteiger partial charge in [0.05, 0.1) is 0 Å². The first-order valence-electron chi connectivity index (χ1n) is 8.22. The minimum atomic E-state index is -0.438. The molecule has 0 unspecified atom stereocenters. The molecule has 2 aliphatic rings. The first kappa shape index (κ1) is 17.6. The van der Waals surface area contributed by atoms with Crippen LogP contribution in [0.2, 0.25) is 0 Å². The van der Waals surface area contributed by atoms with Gasteiger partial charge in [0.25, 0.3) is 0 Å². The molecule has 2 aliphatic heterocycles. The molecule has 6 nitrogen and oxygen atoms in total. The first-order valence-corrected chi connectivity index (χ1v) is 9.38. The van der Waals surface area contributed by atoms with E-state index in [1.165, 1.54) is 0 Å². The summed E-state index contributed by atoms with van der Waals surface area (Å²) < 4.78 is 0. The highest BCUT2D eigenvalue weighted by molar-refractivity contribution is 7.99. The van der Waals surface area contributed by atoms with Crippen molar-refractivity contribution in [3.8, 4) is 0 Å². The number of amides is 2. The molecule has 2 rings (SSSR count). The number of thioether (sulfide) groups is 1. The van der Waals surface area contributed by atoms with Gasteiger partial charge >= 0.3 is 11.8 Å². The van der Waals surface area contributed by atoms with Crippen molar-refractivity contribution in [1.82, 2.24) is 20.0 Å². The van der Waals surface area contributed by atoms with Crippen LogP contribution in [-0.2, 0) is 9.59 Å². The van der Waals surface area contributed by atoms with Crippen LogP contribution in [0.25, 0.3) is 0 Å². The number of unbranched alkanes of at least 4 members (excludes halogenated alkanes) is 1. The van der Waals surface area contributed by atoms with E-state index in [-0.39, 0.29) is 5.91 Å². The predicted molar refractivity (Wildman–Crippen MR) is 90.1 cm³/mol. The maximum Gasteiger partial charge on any atom is 0.311 e. The third kappa shape index (κ3) is 5.78. The second-order valence-electron chi connectivity index (χ2n) is 6.01. The Bertz CT molecular complexity index is 367. The van der Waals surface area contributed by atoms with Crippen LogP contribution in [-0.4, -0.2) is 97.4 Å². The van der Waals surface area contributed by atoms with Crippen LogP contribution >= 0.6 is 11.8 Å².